The molecule has 3 rings (SSSR count). The highest BCUT2D eigenvalue weighted by atomic mass is 32.1. The highest BCUT2D eigenvalue weighted by Gasteiger charge is 2.10. The lowest BCUT2D eigenvalue weighted by Gasteiger charge is -2.07. The average molecular weight is 411 g/mol. The fourth-order valence-corrected chi connectivity index (χ4v) is 3.48. The van der Waals surface area contributed by atoms with E-state index in [0.29, 0.717) is 23.9 Å². The van der Waals surface area contributed by atoms with E-state index in [9.17, 15) is 4.79 Å². The third-order valence-corrected chi connectivity index (χ3v) is 5.08. The maximum absolute atomic E-state index is 12.5. The molecule has 0 saturated carbocycles. The van der Waals surface area contributed by atoms with Gasteiger partial charge in [-0.1, -0.05) is 19.8 Å². The predicted molar refractivity (Wildman–Crippen MR) is 118 cm³/mol. The summed E-state index contributed by atoms with van der Waals surface area (Å²) < 4.78 is 11.1. The summed E-state index contributed by atoms with van der Waals surface area (Å²) in [5, 5.41) is 5.36. The van der Waals surface area contributed by atoms with Crippen molar-refractivity contribution in [3.8, 4) is 22.8 Å². The number of amides is 1. The zero-order valence-electron chi connectivity index (χ0n) is 16.8. The van der Waals surface area contributed by atoms with Crippen LogP contribution in [0.25, 0.3) is 11.3 Å². The molecule has 29 heavy (non-hydrogen) atoms. The zero-order chi connectivity index (χ0) is 20.5. The van der Waals surface area contributed by atoms with Gasteiger partial charge in [-0.15, -0.1) is 11.3 Å². The van der Waals surface area contributed by atoms with Gasteiger partial charge in [0.2, 0.25) is 0 Å². The fourth-order valence-electron chi connectivity index (χ4n) is 2.77. The van der Waals surface area contributed by atoms with Crippen LogP contribution in [-0.2, 0) is 0 Å². The second-order valence-corrected chi connectivity index (χ2v) is 7.39. The molecule has 1 amide bonds. The van der Waals surface area contributed by atoms with Crippen molar-refractivity contribution in [2.45, 2.75) is 33.1 Å². The van der Waals surface area contributed by atoms with E-state index in [1.165, 1.54) is 17.8 Å². The molecule has 0 unspecified atom stereocenters. The molecule has 0 aliphatic heterocycles. The van der Waals surface area contributed by atoms with Crippen molar-refractivity contribution in [1.29, 1.82) is 0 Å². The quantitative estimate of drug-likeness (QED) is 0.415. The predicted octanol–water partition coefficient (Wildman–Crippen LogP) is 6.03. The van der Waals surface area contributed by atoms with Gasteiger partial charge in [0.1, 0.15) is 11.5 Å². The zero-order valence-corrected chi connectivity index (χ0v) is 17.6. The summed E-state index contributed by atoms with van der Waals surface area (Å²) in [6, 6.07) is 15.0. The third-order valence-electron chi connectivity index (χ3n) is 4.32. The molecule has 6 heteroatoms. The smallest absolute Gasteiger partial charge is 0.257 e. The summed E-state index contributed by atoms with van der Waals surface area (Å²) in [6.07, 6.45) is 3.37. The normalized spacial score (nSPS) is 10.6. The number of anilines is 1. The summed E-state index contributed by atoms with van der Waals surface area (Å²) in [6.45, 7) is 5.46. The lowest BCUT2D eigenvalue weighted by atomic mass is 10.2. The molecule has 5 nitrogen and oxygen atoms in total. The monoisotopic (exact) mass is 410 g/mol. The summed E-state index contributed by atoms with van der Waals surface area (Å²) in [5.41, 5.74) is 2.38. The Morgan fingerprint density at radius 2 is 1.66 bits per heavy atom. The Kier molecular flexibility index (Phi) is 7.64. The Balaban J connectivity index is 1.57. The summed E-state index contributed by atoms with van der Waals surface area (Å²) in [7, 11) is 0. The van der Waals surface area contributed by atoms with Crippen molar-refractivity contribution in [3.05, 3.63) is 59.5 Å². The van der Waals surface area contributed by atoms with Gasteiger partial charge >= 0.3 is 0 Å². The van der Waals surface area contributed by atoms with Crippen molar-refractivity contribution in [1.82, 2.24) is 4.98 Å². The van der Waals surface area contributed by atoms with Crippen LogP contribution in [0.4, 0.5) is 5.13 Å². The molecular formula is C23H26N2O3S. The summed E-state index contributed by atoms with van der Waals surface area (Å²) in [4.78, 5) is 17.0. The van der Waals surface area contributed by atoms with E-state index in [1.54, 1.807) is 12.1 Å². The van der Waals surface area contributed by atoms with Gasteiger partial charge < -0.3 is 9.47 Å². The number of carbonyl (C=O) groups is 1. The summed E-state index contributed by atoms with van der Waals surface area (Å²) in [5.74, 6) is 1.43. The van der Waals surface area contributed by atoms with Gasteiger partial charge in [0.25, 0.3) is 5.91 Å². The Hall–Kier alpha value is -2.86. The molecule has 1 aromatic heterocycles. The fraction of sp³-hybridized carbons (Fsp3) is 0.304. The molecule has 3 aromatic rings. The summed E-state index contributed by atoms with van der Waals surface area (Å²) >= 11 is 1.40. The molecule has 1 N–H and O–H groups in total. The highest BCUT2D eigenvalue weighted by molar-refractivity contribution is 7.14. The van der Waals surface area contributed by atoms with Crippen LogP contribution >= 0.6 is 11.3 Å². The van der Waals surface area contributed by atoms with Gasteiger partial charge in [-0.3, -0.25) is 10.1 Å². The number of rotatable bonds is 10. The topological polar surface area (TPSA) is 60.5 Å². The molecule has 2 aromatic carbocycles. The van der Waals surface area contributed by atoms with Crippen LogP contribution in [0.1, 0.15) is 43.5 Å². The number of nitrogens with zero attached hydrogens (tertiary/aromatic N) is 1. The third kappa shape index (κ3) is 6.06. The van der Waals surface area contributed by atoms with Gasteiger partial charge in [0, 0.05) is 16.5 Å². The molecule has 0 atom stereocenters. The average Bonchev–Trinajstić information content (AvgIpc) is 3.21. The molecule has 0 aliphatic rings. The Morgan fingerprint density at radius 1 is 0.966 bits per heavy atom. The first-order valence-corrected chi connectivity index (χ1v) is 10.8. The van der Waals surface area contributed by atoms with E-state index in [-0.39, 0.29) is 5.91 Å². The van der Waals surface area contributed by atoms with Crippen LogP contribution in [0, 0.1) is 0 Å². The number of unbranched alkanes of at least 4 members (excludes halogenated alkanes) is 2. The van der Waals surface area contributed by atoms with E-state index in [4.69, 9.17) is 9.47 Å². The van der Waals surface area contributed by atoms with Crippen molar-refractivity contribution in [2.75, 3.05) is 18.5 Å². The largest absolute Gasteiger partial charge is 0.494 e. The van der Waals surface area contributed by atoms with Gasteiger partial charge in [0.05, 0.1) is 18.9 Å². The number of carbonyl (C=O) groups excluding carboxylic acids is 1. The molecule has 0 aliphatic carbocycles. The van der Waals surface area contributed by atoms with Crippen LogP contribution in [0.5, 0.6) is 11.5 Å². The van der Waals surface area contributed by atoms with Crippen molar-refractivity contribution in [3.63, 3.8) is 0 Å². The van der Waals surface area contributed by atoms with Gasteiger partial charge in [-0.2, -0.15) is 0 Å². The van der Waals surface area contributed by atoms with Crippen LogP contribution in [0.15, 0.2) is 53.9 Å². The number of aromatic nitrogens is 1. The molecular weight excluding hydrogens is 384 g/mol. The van der Waals surface area contributed by atoms with E-state index < -0.39 is 0 Å². The maximum atomic E-state index is 12.5. The Bertz CT molecular complexity index is 905. The number of hydrogen-bond donors (Lipinski definition) is 1. The first kappa shape index (κ1) is 20.9. The molecule has 0 saturated heterocycles. The van der Waals surface area contributed by atoms with Crippen LogP contribution in [0.3, 0.4) is 0 Å². The standard InChI is InChI=1S/C23H26N2O3S/c1-3-5-6-15-28-20-13-9-18(10-14-20)22(26)25-23-24-21(16-29-23)17-7-11-19(12-8-17)27-4-2/h7-14,16H,3-6,15H2,1-2H3,(H,24,25,26). The number of thiazole rings is 1. The first-order chi connectivity index (χ1) is 14.2. The lowest BCUT2D eigenvalue weighted by molar-refractivity contribution is 0.102. The van der Waals surface area contributed by atoms with E-state index >= 15 is 0 Å². The Morgan fingerprint density at radius 3 is 2.34 bits per heavy atom. The second-order valence-electron chi connectivity index (χ2n) is 6.53. The molecule has 0 spiro atoms. The Labute approximate surface area is 175 Å². The molecule has 0 bridgehead atoms. The molecule has 1 heterocycles. The van der Waals surface area contributed by atoms with E-state index in [0.717, 1.165) is 35.6 Å². The molecule has 0 radical (unpaired) electrons. The second kappa shape index (κ2) is 10.6. The van der Waals surface area contributed by atoms with Crippen molar-refractivity contribution < 1.29 is 14.3 Å². The van der Waals surface area contributed by atoms with E-state index in [2.05, 4.69) is 17.2 Å². The number of hydrogen-bond acceptors (Lipinski definition) is 5. The van der Waals surface area contributed by atoms with E-state index in [1.807, 2.05) is 48.7 Å². The van der Waals surface area contributed by atoms with Crippen LogP contribution < -0.4 is 14.8 Å². The number of ether oxygens (including phenoxy) is 2. The maximum Gasteiger partial charge on any atom is 0.257 e. The highest BCUT2D eigenvalue weighted by Crippen LogP contribution is 2.27. The molecule has 0 fully saturated rings. The van der Waals surface area contributed by atoms with Crippen molar-refractivity contribution >= 4 is 22.4 Å². The minimum atomic E-state index is -0.185. The SMILES string of the molecule is CCCCCOc1ccc(C(=O)Nc2nc(-c3ccc(OCC)cc3)cs2)cc1. The van der Waals surface area contributed by atoms with Crippen LogP contribution in [-0.4, -0.2) is 24.1 Å². The molecule has 152 valence electrons. The van der Waals surface area contributed by atoms with Gasteiger partial charge in [-0.25, -0.2) is 4.98 Å². The number of benzene rings is 2. The number of nitrogens with one attached hydrogen (secondary N) is 1. The van der Waals surface area contributed by atoms with Crippen molar-refractivity contribution in [2.24, 2.45) is 0 Å². The minimum absolute atomic E-state index is 0.185. The first-order valence-electron chi connectivity index (χ1n) is 9.92. The lowest BCUT2D eigenvalue weighted by Crippen LogP contribution is -2.11. The van der Waals surface area contributed by atoms with Crippen LogP contribution in [0.2, 0.25) is 0 Å². The van der Waals surface area contributed by atoms with Gasteiger partial charge in [0.15, 0.2) is 5.13 Å². The van der Waals surface area contributed by atoms with Gasteiger partial charge in [-0.05, 0) is 61.9 Å². The minimum Gasteiger partial charge on any atom is -0.494 e.